The summed E-state index contributed by atoms with van der Waals surface area (Å²) < 4.78 is 0. The minimum Gasteiger partial charge on any atom is -0.358 e. The molecule has 6 nitrogen and oxygen atoms in total. The van der Waals surface area contributed by atoms with Gasteiger partial charge in [0.15, 0.2) is 0 Å². The van der Waals surface area contributed by atoms with E-state index >= 15 is 0 Å². The summed E-state index contributed by atoms with van der Waals surface area (Å²) in [7, 11) is 3.48. The molecule has 0 bridgehead atoms. The van der Waals surface area contributed by atoms with Crippen molar-refractivity contribution in [1.82, 2.24) is 14.9 Å². The molecule has 7 heteroatoms. The maximum Gasteiger partial charge on any atom is 0.244 e. The predicted molar refractivity (Wildman–Crippen MR) is 83.4 cm³/mol. The van der Waals surface area contributed by atoms with E-state index in [-0.39, 0.29) is 11.9 Å². The monoisotopic (exact) mass is 293 g/mol. The maximum absolute atomic E-state index is 11.9. The molecule has 108 valence electrons. The molecule has 0 aromatic carbocycles. The fraction of sp³-hybridized carbons (Fsp3) is 0.462. The summed E-state index contributed by atoms with van der Waals surface area (Å²) >= 11 is 1.56. The van der Waals surface area contributed by atoms with Gasteiger partial charge in [-0.05, 0) is 25.3 Å². The summed E-state index contributed by atoms with van der Waals surface area (Å²) in [5.74, 6) is 1.28. The molecule has 0 aliphatic carbocycles. The predicted octanol–water partition coefficient (Wildman–Crippen LogP) is 2.01. The Hall–Kier alpha value is -1.89. The molecule has 0 saturated heterocycles. The van der Waals surface area contributed by atoms with Crippen molar-refractivity contribution in [2.24, 2.45) is 0 Å². The molecule has 1 atom stereocenters. The maximum atomic E-state index is 11.9. The van der Waals surface area contributed by atoms with Gasteiger partial charge in [0.1, 0.15) is 16.7 Å². The Balaban J connectivity index is 2.32. The smallest absolute Gasteiger partial charge is 0.244 e. The van der Waals surface area contributed by atoms with E-state index in [2.05, 4.69) is 20.6 Å². The highest BCUT2D eigenvalue weighted by Crippen LogP contribution is 2.26. The molecule has 2 N–H and O–H groups in total. The Kier molecular flexibility index (Phi) is 4.39. The molecule has 1 amide bonds. The lowest BCUT2D eigenvalue weighted by Crippen LogP contribution is -2.36. The summed E-state index contributed by atoms with van der Waals surface area (Å²) in [5.41, 5.74) is 0. The van der Waals surface area contributed by atoms with Crippen LogP contribution in [0.4, 0.5) is 11.8 Å². The van der Waals surface area contributed by atoms with Crippen LogP contribution in [0.5, 0.6) is 0 Å². The standard InChI is InChI=1S/C13H19N5OS/c1-5-14-13-16-10(9-6-7-20-11(9)17-13)15-8(2)12(19)18(3)4/h6-8H,5H2,1-4H3,(H2,14,15,16,17). The van der Waals surface area contributed by atoms with Gasteiger partial charge in [0.2, 0.25) is 11.9 Å². The molecule has 2 rings (SSSR count). The van der Waals surface area contributed by atoms with Gasteiger partial charge < -0.3 is 15.5 Å². The molecule has 0 saturated carbocycles. The molecule has 0 radical (unpaired) electrons. The van der Waals surface area contributed by atoms with E-state index in [1.165, 1.54) is 0 Å². The highest BCUT2D eigenvalue weighted by atomic mass is 32.1. The number of amides is 1. The Labute approximate surface area is 122 Å². The van der Waals surface area contributed by atoms with Crippen LogP contribution in [-0.4, -0.2) is 47.5 Å². The zero-order valence-electron chi connectivity index (χ0n) is 12.1. The normalized spacial score (nSPS) is 12.2. The lowest BCUT2D eigenvalue weighted by Gasteiger charge is -2.19. The van der Waals surface area contributed by atoms with E-state index < -0.39 is 0 Å². The first-order chi connectivity index (χ1) is 9.52. The summed E-state index contributed by atoms with van der Waals surface area (Å²) in [6.45, 7) is 4.57. The molecular weight excluding hydrogens is 274 g/mol. The SMILES string of the molecule is CCNc1nc(NC(C)C(=O)N(C)C)c2ccsc2n1. The molecular formula is C13H19N5OS. The number of hydrogen-bond acceptors (Lipinski definition) is 6. The Morgan fingerprint density at radius 2 is 2.20 bits per heavy atom. The highest BCUT2D eigenvalue weighted by molar-refractivity contribution is 7.16. The van der Waals surface area contributed by atoms with E-state index in [9.17, 15) is 4.79 Å². The molecule has 2 aromatic rings. The van der Waals surface area contributed by atoms with Gasteiger partial charge in [-0.1, -0.05) is 0 Å². The van der Waals surface area contributed by atoms with E-state index in [1.54, 1.807) is 30.3 Å². The number of carbonyl (C=O) groups excluding carboxylic acids is 1. The van der Waals surface area contributed by atoms with Crippen LogP contribution in [0.3, 0.4) is 0 Å². The van der Waals surface area contributed by atoms with E-state index in [0.717, 1.165) is 16.8 Å². The minimum atomic E-state index is -0.336. The Bertz CT molecular complexity index is 610. The number of nitrogens with one attached hydrogen (secondary N) is 2. The summed E-state index contributed by atoms with van der Waals surface area (Å²) in [6.07, 6.45) is 0. The van der Waals surface area contributed by atoms with Gasteiger partial charge in [0.05, 0.1) is 5.39 Å². The number of hydrogen-bond donors (Lipinski definition) is 2. The third-order valence-corrected chi connectivity index (χ3v) is 3.63. The first-order valence-electron chi connectivity index (χ1n) is 6.49. The number of rotatable bonds is 5. The summed E-state index contributed by atoms with van der Waals surface area (Å²) in [6, 6.07) is 1.63. The van der Waals surface area contributed by atoms with E-state index in [0.29, 0.717) is 11.8 Å². The van der Waals surface area contributed by atoms with Gasteiger partial charge in [-0.25, -0.2) is 4.98 Å². The van der Waals surface area contributed by atoms with Crippen molar-refractivity contribution in [2.75, 3.05) is 31.3 Å². The third-order valence-electron chi connectivity index (χ3n) is 2.82. The number of nitrogens with zero attached hydrogens (tertiary/aromatic N) is 3. The fourth-order valence-corrected chi connectivity index (χ4v) is 2.62. The zero-order chi connectivity index (χ0) is 14.7. The lowest BCUT2D eigenvalue weighted by atomic mass is 10.3. The molecule has 0 aliphatic heterocycles. The van der Waals surface area contributed by atoms with Crippen LogP contribution in [0.15, 0.2) is 11.4 Å². The van der Waals surface area contributed by atoms with Crippen molar-refractivity contribution >= 4 is 39.2 Å². The second-order valence-corrected chi connectivity index (χ2v) is 5.56. The van der Waals surface area contributed by atoms with Gasteiger partial charge in [0.25, 0.3) is 0 Å². The van der Waals surface area contributed by atoms with Crippen molar-refractivity contribution in [2.45, 2.75) is 19.9 Å². The molecule has 0 spiro atoms. The van der Waals surface area contributed by atoms with Crippen LogP contribution in [0.25, 0.3) is 10.2 Å². The number of carbonyl (C=O) groups is 1. The first-order valence-corrected chi connectivity index (χ1v) is 7.37. The van der Waals surface area contributed by atoms with Crippen LogP contribution in [-0.2, 0) is 4.79 Å². The number of anilines is 2. The van der Waals surface area contributed by atoms with Crippen LogP contribution in [0, 0.1) is 0 Å². The Morgan fingerprint density at radius 3 is 2.85 bits per heavy atom. The van der Waals surface area contributed by atoms with Crippen molar-refractivity contribution < 1.29 is 4.79 Å². The molecule has 1 unspecified atom stereocenters. The first kappa shape index (κ1) is 14.5. The minimum absolute atomic E-state index is 0.0111. The molecule has 0 aliphatic rings. The number of thiophene rings is 1. The summed E-state index contributed by atoms with van der Waals surface area (Å²) in [5, 5.41) is 9.19. The van der Waals surface area contributed by atoms with Gasteiger partial charge in [-0.3, -0.25) is 4.79 Å². The second-order valence-electron chi connectivity index (χ2n) is 4.66. The fourth-order valence-electron chi connectivity index (χ4n) is 1.86. The zero-order valence-corrected chi connectivity index (χ0v) is 12.9. The molecule has 2 heterocycles. The summed E-state index contributed by atoms with van der Waals surface area (Å²) in [4.78, 5) is 23.3. The van der Waals surface area contributed by atoms with Crippen LogP contribution < -0.4 is 10.6 Å². The lowest BCUT2D eigenvalue weighted by molar-refractivity contribution is -0.129. The topological polar surface area (TPSA) is 70.2 Å². The third kappa shape index (κ3) is 2.98. The van der Waals surface area contributed by atoms with Crippen LogP contribution in [0.1, 0.15) is 13.8 Å². The largest absolute Gasteiger partial charge is 0.358 e. The van der Waals surface area contributed by atoms with Crippen molar-refractivity contribution in [1.29, 1.82) is 0 Å². The van der Waals surface area contributed by atoms with Gasteiger partial charge in [-0.2, -0.15) is 4.98 Å². The van der Waals surface area contributed by atoms with Crippen LogP contribution in [0.2, 0.25) is 0 Å². The van der Waals surface area contributed by atoms with Gasteiger partial charge in [-0.15, -0.1) is 11.3 Å². The number of fused-ring (bicyclic) bond motifs is 1. The number of aromatic nitrogens is 2. The van der Waals surface area contributed by atoms with E-state index in [4.69, 9.17) is 0 Å². The van der Waals surface area contributed by atoms with E-state index in [1.807, 2.05) is 25.3 Å². The Morgan fingerprint density at radius 1 is 1.45 bits per heavy atom. The molecule has 0 fully saturated rings. The van der Waals surface area contributed by atoms with Crippen molar-refractivity contribution in [3.63, 3.8) is 0 Å². The van der Waals surface area contributed by atoms with Crippen molar-refractivity contribution in [3.8, 4) is 0 Å². The van der Waals surface area contributed by atoms with Gasteiger partial charge >= 0.3 is 0 Å². The quantitative estimate of drug-likeness (QED) is 0.882. The number of likely N-dealkylation sites (N-methyl/N-ethyl adjacent to an activating group) is 1. The van der Waals surface area contributed by atoms with Gasteiger partial charge in [0, 0.05) is 20.6 Å². The van der Waals surface area contributed by atoms with Crippen LogP contribution >= 0.6 is 11.3 Å². The highest BCUT2D eigenvalue weighted by Gasteiger charge is 2.17. The molecule has 20 heavy (non-hydrogen) atoms. The average Bonchev–Trinajstić information content (AvgIpc) is 2.86. The van der Waals surface area contributed by atoms with Crippen molar-refractivity contribution in [3.05, 3.63) is 11.4 Å². The average molecular weight is 293 g/mol. The second kappa shape index (κ2) is 6.04. The molecule has 2 aromatic heterocycles.